The fourth-order valence-corrected chi connectivity index (χ4v) is 5.51. The number of pyridine rings is 1. The zero-order valence-corrected chi connectivity index (χ0v) is 24.5. The number of benzene rings is 3. The fraction of sp³-hybridized carbons (Fsp3) is 0.125. The molecule has 0 atom stereocenters. The number of ether oxygens (including phenoxy) is 1. The van der Waals surface area contributed by atoms with Crippen LogP contribution in [0.3, 0.4) is 0 Å². The van der Waals surface area contributed by atoms with Crippen LogP contribution in [0.15, 0.2) is 87.8 Å². The highest BCUT2D eigenvalue weighted by Crippen LogP contribution is 2.44. The Morgan fingerprint density at radius 3 is 2.40 bits per heavy atom. The maximum atomic E-state index is 13.7. The van der Waals surface area contributed by atoms with E-state index >= 15 is 0 Å². The lowest BCUT2D eigenvalue weighted by atomic mass is 9.97. The normalized spacial score (nSPS) is 11.7. The molecule has 0 aliphatic heterocycles. The third-order valence-electron chi connectivity index (χ3n) is 7.26. The lowest BCUT2D eigenvalue weighted by Gasteiger charge is -2.21. The molecule has 3 heterocycles. The summed E-state index contributed by atoms with van der Waals surface area (Å²) in [5, 5.41) is 3.96. The first kappa shape index (κ1) is 28.0. The van der Waals surface area contributed by atoms with E-state index in [1.807, 2.05) is 30.3 Å². The number of halogens is 1. The second-order valence-electron chi connectivity index (χ2n) is 9.91. The number of hydrogen-bond donors (Lipinski definition) is 1. The zero-order chi connectivity index (χ0) is 30.5. The summed E-state index contributed by atoms with van der Waals surface area (Å²) in [4.78, 5) is 17.8. The molecule has 1 N–H and O–H groups in total. The minimum Gasteiger partial charge on any atom is -0.494 e. The number of fused-ring (bicyclic) bond motifs is 2. The Morgan fingerprint density at radius 2 is 1.72 bits per heavy atom. The summed E-state index contributed by atoms with van der Waals surface area (Å²) >= 11 is 0. The summed E-state index contributed by atoms with van der Waals surface area (Å²) in [6.45, 7) is 0. The van der Waals surface area contributed by atoms with Crippen LogP contribution in [-0.2, 0) is 10.0 Å². The summed E-state index contributed by atoms with van der Waals surface area (Å²) < 4.78 is 58.3. The van der Waals surface area contributed by atoms with Crippen molar-refractivity contribution in [2.24, 2.45) is 0 Å². The monoisotopic (exact) mass is 599 g/mol. The number of sulfonamides is 1. The smallest absolute Gasteiger partial charge is 0.255 e. The molecule has 0 fully saturated rings. The number of amides is 1. The Bertz CT molecular complexity index is 2100. The third kappa shape index (κ3) is 4.97. The van der Waals surface area contributed by atoms with E-state index in [4.69, 9.17) is 13.6 Å². The number of carbonyl (C=O) groups excluding carboxylic acids is 1. The molecule has 0 bridgehead atoms. The van der Waals surface area contributed by atoms with Crippen LogP contribution in [0.25, 0.3) is 55.8 Å². The van der Waals surface area contributed by atoms with E-state index in [1.165, 1.54) is 51.7 Å². The van der Waals surface area contributed by atoms with Crippen LogP contribution in [-0.4, -0.2) is 46.8 Å². The molecule has 11 heteroatoms. The number of aromatic nitrogens is 1. The number of furan rings is 2. The minimum atomic E-state index is -3.74. The molecule has 43 heavy (non-hydrogen) atoms. The topological polar surface area (TPSA) is 115 Å². The van der Waals surface area contributed by atoms with Crippen molar-refractivity contribution in [3.8, 4) is 39.7 Å². The van der Waals surface area contributed by atoms with Crippen molar-refractivity contribution in [3.05, 3.63) is 90.4 Å². The Morgan fingerprint density at radius 1 is 0.977 bits per heavy atom. The quantitative estimate of drug-likeness (QED) is 0.223. The van der Waals surface area contributed by atoms with Crippen LogP contribution in [0, 0.1) is 5.82 Å². The largest absolute Gasteiger partial charge is 0.494 e. The zero-order valence-electron chi connectivity index (χ0n) is 23.6. The number of nitrogens with zero attached hydrogens (tertiary/aromatic N) is 2. The number of para-hydroxylation sites is 1. The average molecular weight is 600 g/mol. The van der Waals surface area contributed by atoms with E-state index in [0.717, 1.165) is 15.9 Å². The van der Waals surface area contributed by atoms with Gasteiger partial charge in [-0.15, -0.1) is 0 Å². The Labute approximate surface area is 246 Å². The van der Waals surface area contributed by atoms with Crippen LogP contribution < -0.4 is 14.4 Å². The van der Waals surface area contributed by atoms with Gasteiger partial charge in [-0.1, -0.05) is 18.2 Å². The van der Waals surface area contributed by atoms with E-state index in [2.05, 4.69) is 10.3 Å². The maximum Gasteiger partial charge on any atom is 0.255 e. The number of rotatable bonds is 7. The van der Waals surface area contributed by atoms with Gasteiger partial charge < -0.3 is 18.9 Å². The first-order valence-corrected chi connectivity index (χ1v) is 15.0. The SMILES string of the molecule is CNC(=O)c1c(-c2ccc(F)cc2)oc2cc(N(C)S(C)(=O)=O)c(-c3cc(-c4cc5ccccc5o4)ncc3OC)cc12. The number of nitrogens with one attached hydrogen (secondary N) is 1. The molecule has 218 valence electrons. The fourth-order valence-electron chi connectivity index (χ4n) is 5.00. The van der Waals surface area contributed by atoms with Gasteiger partial charge in [0.1, 0.15) is 34.2 Å². The molecule has 0 aliphatic rings. The molecule has 0 saturated carbocycles. The van der Waals surface area contributed by atoms with Gasteiger partial charge in [-0.25, -0.2) is 17.8 Å². The Balaban J connectivity index is 1.65. The predicted molar refractivity (Wildman–Crippen MR) is 163 cm³/mol. The van der Waals surface area contributed by atoms with Crippen molar-refractivity contribution in [1.82, 2.24) is 10.3 Å². The van der Waals surface area contributed by atoms with Gasteiger partial charge in [-0.05, 0) is 48.5 Å². The van der Waals surface area contributed by atoms with Crippen LogP contribution in [0.4, 0.5) is 10.1 Å². The average Bonchev–Trinajstić information content (AvgIpc) is 3.61. The Hall–Kier alpha value is -5.16. The second-order valence-corrected chi connectivity index (χ2v) is 11.9. The van der Waals surface area contributed by atoms with E-state index in [0.29, 0.717) is 44.9 Å². The van der Waals surface area contributed by atoms with Crippen molar-refractivity contribution in [3.63, 3.8) is 0 Å². The maximum absolute atomic E-state index is 13.7. The second kappa shape index (κ2) is 10.6. The lowest BCUT2D eigenvalue weighted by Crippen LogP contribution is -2.25. The lowest BCUT2D eigenvalue weighted by molar-refractivity contribution is 0.0964. The van der Waals surface area contributed by atoms with Crippen LogP contribution in [0.5, 0.6) is 5.75 Å². The highest BCUT2D eigenvalue weighted by atomic mass is 32.2. The minimum absolute atomic E-state index is 0.212. The highest BCUT2D eigenvalue weighted by molar-refractivity contribution is 7.92. The van der Waals surface area contributed by atoms with Gasteiger partial charge in [0, 0.05) is 47.6 Å². The van der Waals surface area contributed by atoms with Crippen LogP contribution >= 0.6 is 0 Å². The van der Waals surface area contributed by atoms with E-state index in [1.54, 1.807) is 18.2 Å². The predicted octanol–water partition coefficient (Wildman–Crippen LogP) is 6.48. The van der Waals surface area contributed by atoms with Gasteiger partial charge in [0.25, 0.3) is 5.91 Å². The number of anilines is 1. The van der Waals surface area contributed by atoms with E-state index < -0.39 is 21.7 Å². The molecule has 0 spiro atoms. The molecule has 0 aliphatic carbocycles. The number of carbonyl (C=O) groups is 1. The van der Waals surface area contributed by atoms with Gasteiger partial charge in [0.15, 0.2) is 5.76 Å². The van der Waals surface area contributed by atoms with Gasteiger partial charge in [0.05, 0.1) is 30.8 Å². The molecule has 1 amide bonds. The summed E-state index contributed by atoms with van der Waals surface area (Å²) in [6, 6.07) is 20.0. The van der Waals surface area contributed by atoms with Crippen molar-refractivity contribution < 1.29 is 31.2 Å². The molecule has 0 radical (unpaired) electrons. The standard InChI is InChI=1S/C32H26FN3O6S/c1-34-32(37)30-23-14-21(22-15-24(35-17-29(22)40-3)28-13-19-7-5-6-8-26(19)41-28)25(36(2)43(4,38)39)16-27(23)42-31(30)18-9-11-20(33)12-10-18/h5-17H,1-4H3,(H,34,37). The summed E-state index contributed by atoms with van der Waals surface area (Å²) in [5.41, 5.74) is 3.36. The Kier molecular flexibility index (Phi) is 6.89. The molecule has 3 aromatic carbocycles. The summed E-state index contributed by atoms with van der Waals surface area (Å²) in [5.74, 6) is 0.219. The number of methoxy groups -OCH3 is 1. The molecule has 9 nitrogen and oxygen atoms in total. The van der Waals surface area contributed by atoms with Gasteiger partial charge in [0.2, 0.25) is 10.0 Å². The molecule has 0 unspecified atom stereocenters. The van der Waals surface area contributed by atoms with Crippen molar-refractivity contribution >= 4 is 43.6 Å². The first-order valence-electron chi connectivity index (χ1n) is 13.1. The number of hydrogen-bond acceptors (Lipinski definition) is 7. The molecule has 0 saturated heterocycles. The van der Waals surface area contributed by atoms with E-state index in [9.17, 15) is 17.6 Å². The highest BCUT2D eigenvalue weighted by Gasteiger charge is 2.27. The van der Waals surface area contributed by atoms with Gasteiger partial charge in [-0.2, -0.15) is 0 Å². The third-order valence-corrected chi connectivity index (χ3v) is 8.45. The van der Waals surface area contributed by atoms with Gasteiger partial charge in [-0.3, -0.25) is 9.10 Å². The molecular weight excluding hydrogens is 573 g/mol. The van der Waals surface area contributed by atoms with E-state index in [-0.39, 0.29) is 22.6 Å². The van der Waals surface area contributed by atoms with Crippen molar-refractivity contribution in [2.45, 2.75) is 0 Å². The molecular formula is C32H26FN3O6S. The summed E-state index contributed by atoms with van der Waals surface area (Å²) in [6.07, 6.45) is 2.62. The van der Waals surface area contributed by atoms with Crippen molar-refractivity contribution in [2.75, 3.05) is 31.8 Å². The molecule has 3 aromatic heterocycles. The van der Waals surface area contributed by atoms with Gasteiger partial charge >= 0.3 is 0 Å². The van der Waals surface area contributed by atoms with Crippen molar-refractivity contribution in [1.29, 1.82) is 0 Å². The first-order chi connectivity index (χ1) is 20.6. The van der Waals surface area contributed by atoms with Crippen LogP contribution in [0.2, 0.25) is 0 Å². The summed E-state index contributed by atoms with van der Waals surface area (Å²) in [7, 11) is 0.668. The molecule has 6 rings (SSSR count). The van der Waals surface area contributed by atoms with Crippen LogP contribution in [0.1, 0.15) is 10.4 Å². The molecule has 6 aromatic rings.